The van der Waals surface area contributed by atoms with Gasteiger partial charge in [-0.15, -0.1) is 0 Å². The normalized spacial score (nSPS) is 15.2. The third-order valence-electron chi connectivity index (χ3n) is 7.58. The van der Waals surface area contributed by atoms with Crippen molar-refractivity contribution in [3.8, 4) is 0 Å². The van der Waals surface area contributed by atoms with Gasteiger partial charge >= 0.3 is 0 Å². The van der Waals surface area contributed by atoms with E-state index < -0.39 is 4.92 Å². The van der Waals surface area contributed by atoms with E-state index in [0.717, 1.165) is 46.2 Å². The Morgan fingerprint density at radius 3 is 2.12 bits per heavy atom. The van der Waals surface area contributed by atoms with Gasteiger partial charge in [-0.25, -0.2) is 4.99 Å². The predicted octanol–water partition coefficient (Wildman–Crippen LogP) is 8.53. The third kappa shape index (κ3) is 5.87. The van der Waals surface area contributed by atoms with Crippen LogP contribution in [0, 0.1) is 10.1 Å². The number of nitro groups is 1. The molecule has 1 amide bonds. The molecule has 6 rings (SSSR count). The van der Waals surface area contributed by atoms with Crippen molar-refractivity contribution in [3.05, 3.63) is 141 Å². The number of benzene rings is 4. The van der Waals surface area contributed by atoms with Gasteiger partial charge in [0.2, 0.25) is 0 Å². The van der Waals surface area contributed by atoms with Gasteiger partial charge in [0.1, 0.15) is 0 Å². The molecule has 0 N–H and O–H groups in total. The van der Waals surface area contributed by atoms with E-state index in [1.165, 1.54) is 35.0 Å². The number of non-ortho nitro benzene ring substituents is 1. The molecule has 1 fully saturated rings. The average Bonchev–Trinajstić information content (AvgIpc) is 3.53. The van der Waals surface area contributed by atoms with E-state index in [1.807, 2.05) is 60.8 Å². The van der Waals surface area contributed by atoms with E-state index in [-0.39, 0.29) is 11.6 Å². The highest BCUT2D eigenvalue weighted by molar-refractivity contribution is 8.19. The van der Waals surface area contributed by atoms with Crippen molar-refractivity contribution < 1.29 is 9.72 Å². The highest BCUT2D eigenvalue weighted by Crippen LogP contribution is 2.38. The molecule has 0 atom stereocenters. The Balaban J connectivity index is 1.38. The van der Waals surface area contributed by atoms with Crippen molar-refractivity contribution in [2.45, 2.75) is 33.2 Å². The third-order valence-corrected chi connectivity index (χ3v) is 8.55. The number of thioether (sulfide) groups is 1. The first-order valence-corrected chi connectivity index (χ1v) is 15.1. The van der Waals surface area contributed by atoms with Gasteiger partial charge in [0, 0.05) is 41.3 Å². The zero-order valence-electron chi connectivity index (χ0n) is 23.9. The molecule has 5 aromatic rings. The monoisotopic (exact) mass is 586 g/mol. The van der Waals surface area contributed by atoms with Crippen LogP contribution in [-0.2, 0) is 24.2 Å². The SMILES string of the molecule is CCc1ccc(N=C2S/C(=C\c3cn(Cc4ccc([N+](=O)[O-])cc4)c4ccccc34)C(=O)N2c2ccc(CC)cc2)cc1. The van der Waals surface area contributed by atoms with Gasteiger partial charge in [0.15, 0.2) is 5.17 Å². The number of para-hydroxylation sites is 1. The van der Waals surface area contributed by atoms with Crippen LogP contribution in [0.1, 0.15) is 36.1 Å². The summed E-state index contributed by atoms with van der Waals surface area (Å²) in [5.74, 6) is -0.120. The number of nitrogens with zero attached hydrogens (tertiary/aromatic N) is 4. The molecule has 8 heteroatoms. The maximum absolute atomic E-state index is 14.0. The summed E-state index contributed by atoms with van der Waals surface area (Å²) in [5, 5.41) is 12.7. The van der Waals surface area contributed by atoms with Crippen molar-refractivity contribution in [2.75, 3.05) is 4.90 Å². The largest absolute Gasteiger partial charge is 0.342 e. The second-order valence-corrected chi connectivity index (χ2v) is 11.3. The van der Waals surface area contributed by atoms with Crippen molar-refractivity contribution in [3.63, 3.8) is 0 Å². The lowest BCUT2D eigenvalue weighted by Crippen LogP contribution is -2.28. The van der Waals surface area contributed by atoms with Crippen molar-refractivity contribution in [1.82, 2.24) is 4.57 Å². The number of aromatic nitrogens is 1. The number of anilines is 1. The standard InChI is InChI=1S/C35H30N4O3S/c1-3-24-9-15-28(16-10-24)36-35-38(29-17-11-25(4-2)12-18-29)34(40)33(43-35)21-27-23-37(32-8-6-5-7-31(27)32)22-26-13-19-30(20-14-26)39(41)42/h5-21,23H,3-4,22H2,1-2H3/b33-21-,36-35?. The molecule has 214 valence electrons. The number of amides is 1. The summed E-state index contributed by atoms with van der Waals surface area (Å²) in [6.07, 6.45) is 5.84. The fourth-order valence-electron chi connectivity index (χ4n) is 5.16. The van der Waals surface area contributed by atoms with E-state index in [1.54, 1.807) is 17.0 Å². The van der Waals surface area contributed by atoms with Gasteiger partial charge in [-0.3, -0.25) is 19.8 Å². The molecule has 0 unspecified atom stereocenters. The van der Waals surface area contributed by atoms with Crippen LogP contribution in [0.15, 0.2) is 113 Å². The lowest BCUT2D eigenvalue weighted by molar-refractivity contribution is -0.384. The number of hydrogen-bond acceptors (Lipinski definition) is 5. The Morgan fingerprint density at radius 1 is 0.837 bits per heavy atom. The Hall–Kier alpha value is -4.95. The van der Waals surface area contributed by atoms with Crippen LogP contribution in [0.25, 0.3) is 17.0 Å². The molecule has 1 aromatic heterocycles. The summed E-state index contributed by atoms with van der Waals surface area (Å²) in [6.45, 7) is 4.77. The summed E-state index contributed by atoms with van der Waals surface area (Å²) < 4.78 is 2.11. The van der Waals surface area contributed by atoms with Crippen LogP contribution < -0.4 is 4.90 Å². The molecule has 4 aromatic carbocycles. The minimum atomic E-state index is -0.394. The smallest absolute Gasteiger partial charge is 0.271 e. The highest BCUT2D eigenvalue weighted by atomic mass is 32.2. The fraction of sp³-hybridized carbons (Fsp3) is 0.143. The van der Waals surface area contributed by atoms with E-state index >= 15 is 0 Å². The number of aryl methyl sites for hydroxylation is 2. The van der Waals surface area contributed by atoms with Crippen LogP contribution in [0.3, 0.4) is 0 Å². The quantitative estimate of drug-likeness (QED) is 0.104. The molecule has 0 bridgehead atoms. The molecule has 7 nitrogen and oxygen atoms in total. The fourth-order valence-corrected chi connectivity index (χ4v) is 6.15. The lowest BCUT2D eigenvalue weighted by atomic mass is 10.1. The van der Waals surface area contributed by atoms with E-state index in [4.69, 9.17) is 4.99 Å². The number of rotatable bonds is 8. The second kappa shape index (κ2) is 12.1. The Bertz CT molecular complexity index is 1870. The van der Waals surface area contributed by atoms with E-state index in [0.29, 0.717) is 16.6 Å². The predicted molar refractivity (Wildman–Crippen MR) is 176 cm³/mol. The summed E-state index contributed by atoms with van der Waals surface area (Å²) >= 11 is 1.37. The molecule has 1 saturated heterocycles. The minimum Gasteiger partial charge on any atom is -0.342 e. The zero-order valence-corrected chi connectivity index (χ0v) is 24.8. The number of carbonyl (C=O) groups excluding carboxylic acids is 1. The van der Waals surface area contributed by atoms with E-state index in [9.17, 15) is 14.9 Å². The van der Waals surface area contributed by atoms with Gasteiger partial charge in [-0.05, 0) is 77.7 Å². The van der Waals surface area contributed by atoms with Crippen LogP contribution in [0.4, 0.5) is 17.1 Å². The molecule has 0 saturated carbocycles. The van der Waals surface area contributed by atoms with Gasteiger partial charge in [0.05, 0.1) is 21.2 Å². The average molecular weight is 587 g/mol. The number of amidine groups is 1. The van der Waals surface area contributed by atoms with Crippen LogP contribution in [0.2, 0.25) is 0 Å². The summed E-state index contributed by atoms with van der Waals surface area (Å²) in [4.78, 5) is 31.9. The Morgan fingerprint density at radius 2 is 1.47 bits per heavy atom. The number of hydrogen-bond donors (Lipinski definition) is 0. The van der Waals surface area contributed by atoms with Crippen LogP contribution >= 0.6 is 11.8 Å². The molecule has 0 spiro atoms. The molecular formula is C35H30N4O3S. The van der Waals surface area contributed by atoms with Gasteiger partial charge in [0.25, 0.3) is 11.6 Å². The number of fused-ring (bicyclic) bond motifs is 1. The molecule has 1 aliphatic rings. The molecule has 1 aliphatic heterocycles. The van der Waals surface area contributed by atoms with Crippen molar-refractivity contribution >= 4 is 56.9 Å². The molecule has 0 aliphatic carbocycles. The number of carbonyl (C=O) groups is 1. The van der Waals surface area contributed by atoms with Crippen molar-refractivity contribution in [1.29, 1.82) is 0 Å². The summed E-state index contributed by atoms with van der Waals surface area (Å²) in [5.41, 5.74) is 6.96. The molecule has 2 heterocycles. The summed E-state index contributed by atoms with van der Waals surface area (Å²) in [7, 11) is 0. The van der Waals surface area contributed by atoms with Crippen LogP contribution in [-0.4, -0.2) is 20.6 Å². The van der Waals surface area contributed by atoms with Gasteiger partial charge in [-0.2, -0.15) is 0 Å². The number of nitro benzene ring substituents is 1. The lowest BCUT2D eigenvalue weighted by Gasteiger charge is -2.16. The zero-order chi connectivity index (χ0) is 29.9. The molecular weight excluding hydrogens is 556 g/mol. The Kier molecular flexibility index (Phi) is 7.94. The maximum atomic E-state index is 14.0. The molecule has 43 heavy (non-hydrogen) atoms. The van der Waals surface area contributed by atoms with Crippen molar-refractivity contribution in [2.24, 2.45) is 4.99 Å². The first-order chi connectivity index (χ1) is 20.9. The Labute approximate surface area is 254 Å². The van der Waals surface area contributed by atoms with E-state index in [2.05, 4.69) is 42.7 Å². The maximum Gasteiger partial charge on any atom is 0.271 e. The first-order valence-electron chi connectivity index (χ1n) is 14.2. The minimum absolute atomic E-state index is 0.0657. The topological polar surface area (TPSA) is 80.7 Å². The molecule has 0 radical (unpaired) electrons. The first kappa shape index (κ1) is 28.2. The summed E-state index contributed by atoms with van der Waals surface area (Å²) in [6, 6.07) is 30.8. The highest BCUT2D eigenvalue weighted by Gasteiger charge is 2.35. The van der Waals surface area contributed by atoms with Crippen LogP contribution in [0.5, 0.6) is 0 Å². The van der Waals surface area contributed by atoms with Gasteiger partial charge < -0.3 is 4.57 Å². The van der Waals surface area contributed by atoms with Gasteiger partial charge in [-0.1, -0.05) is 68.4 Å². The second-order valence-electron chi connectivity index (χ2n) is 10.3. The number of aliphatic imine (C=N–C) groups is 1.